The molecule has 102 valence electrons. The van der Waals surface area contributed by atoms with Crippen LogP contribution in [0.25, 0.3) is 0 Å². The number of methoxy groups -OCH3 is 1. The Labute approximate surface area is 119 Å². The number of aromatic nitrogens is 1. The van der Waals surface area contributed by atoms with Gasteiger partial charge in [-0.25, -0.2) is 0 Å². The molecule has 0 atom stereocenters. The topological polar surface area (TPSA) is 57.4 Å². The van der Waals surface area contributed by atoms with E-state index in [-0.39, 0.29) is 12.4 Å². The molecule has 0 aliphatic carbocycles. The monoisotopic (exact) mass is 280 g/mol. The van der Waals surface area contributed by atoms with Gasteiger partial charge in [0.15, 0.2) is 11.5 Å². The van der Waals surface area contributed by atoms with Crippen LogP contribution >= 0.6 is 12.4 Å². The number of halogens is 1. The number of hydrogen-bond donors (Lipinski definition) is 1. The second-order valence-electron chi connectivity index (χ2n) is 3.84. The molecule has 5 heteroatoms. The average molecular weight is 281 g/mol. The highest BCUT2D eigenvalue weighted by Gasteiger charge is 2.05. The maximum Gasteiger partial charge on any atom is 0.161 e. The largest absolute Gasteiger partial charge is 0.493 e. The maximum absolute atomic E-state index is 5.71. The molecule has 0 unspecified atom stereocenters. The Morgan fingerprint density at radius 1 is 1.16 bits per heavy atom. The van der Waals surface area contributed by atoms with Gasteiger partial charge >= 0.3 is 0 Å². The van der Waals surface area contributed by atoms with Crippen LogP contribution in [0.5, 0.6) is 11.5 Å². The van der Waals surface area contributed by atoms with Gasteiger partial charge in [0.25, 0.3) is 0 Å². The number of benzene rings is 1. The molecule has 2 aromatic rings. The van der Waals surface area contributed by atoms with Gasteiger partial charge in [0.05, 0.1) is 7.11 Å². The van der Waals surface area contributed by atoms with Gasteiger partial charge in [0, 0.05) is 24.5 Å². The molecular weight excluding hydrogens is 264 g/mol. The summed E-state index contributed by atoms with van der Waals surface area (Å²) in [4.78, 5) is 4.04. The van der Waals surface area contributed by atoms with Crippen molar-refractivity contribution in [2.75, 3.05) is 7.11 Å². The lowest BCUT2D eigenvalue weighted by Gasteiger charge is -2.11. The SMILES string of the molecule is COc1cc(CN)ccc1OCc1cccnc1.Cl. The number of pyridine rings is 1. The fourth-order valence-corrected chi connectivity index (χ4v) is 1.60. The Hall–Kier alpha value is -1.78. The van der Waals surface area contributed by atoms with Gasteiger partial charge in [0.1, 0.15) is 6.61 Å². The van der Waals surface area contributed by atoms with Gasteiger partial charge in [-0.2, -0.15) is 0 Å². The molecule has 0 radical (unpaired) electrons. The molecule has 0 fully saturated rings. The van der Waals surface area contributed by atoms with Crippen molar-refractivity contribution in [3.05, 3.63) is 53.9 Å². The Morgan fingerprint density at radius 2 is 2.00 bits per heavy atom. The van der Waals surface area contributed by atoms with Crippen LogP contribution in [0.3, 0.4) is 0 Å². The Balaban J connectivity index is 0.00000180. The molecule has 0 aliphatic rings. The van der Waals surface area contributed by atoms with Crippen molar-refractivity contribution in [2.24, 2.45) is 5.73 Å². The fourth-order valence-electron chi connectivity index (χ4n) is 1.60. The zero-order valence-electron chi connectivity index (χ0n) is 10.7. The van der Waals surface area contributed by atoms with E-state index in [9.17, 15) is 0 Å². The minimum absolute atomic E-state index is 0. The van der Waals surface area contributed by atoms with E-state index < -0.39 is 0 Å². The van der Waals surface area contributed by atoms with Crippen LogP contribution in [-0.4, -0.2) is 12.1 Å². The first kappa shape index (κ1) is 15.3. The summed E-state index contributed by atoms with van der Waals surface area (Å²) in [5, 5.41) is 0. The van der Waals surface area contributed by atoms with Gasteiger partial charge < -0.3 is 15.2 Å². The second-order valence-corrected chi connectivity index (χ2v) is 3.84. The Kier molecular flexibility index (Phi) is 6.12. The molecule has 1 aromatic carbocycles. The molecule has 0 saturated carbocycles. The van der Waals surface area contributed by atoms with Crippen LogP contribution in [0.4, 0.5) is 0 Å². The van der Waals surface area contributed by atoms with Gasteiger partial charge in [-0.15, -0.1) is 12.4 Å². The van der Waals surface area contributed by atoms with Crippen LogP contribution in [0.15, 0.2) is 42.7 Å². The highest BCUT2D eigenvalue weighted by atomic mass is 35.5. The lowest BCUT2D eigenvalue weighted by atomic mass is 10.2. The Bertz CT molecular complexity index is 506. The number of nitrogens with zero attached hydrogens (tertiary/aromatic N) is 1. The third-order valence-electron chi connectivity index (χ3n) is 2.58. The summed E-state index contributed by atoms with van der Waals surface area (Å²) in [6.45, 7) is 0.950. The molecule has 0 saturated heterocycles. The highest BCUT2D eigenvalue weighted by molar-refractivity contribution is 5.85. The van der Waals surface area contributed by atoms with E-state index >= 15 is 0 Å². The highest BCUT2D eigenvalue weighted by Crippen LogP contribution is 2.28. The summed E-state index contributed by atoms with van der Waals surface area (Å²) < 4.78 is 11.0. The van der Waals surface area contributed by atoms with E-state index in [1.54, 1.807) is 19.5 Å². The lowest BCUT2D eigenvalue weighted by Crippen LogP contribution is -2.00. The van der Waals surface area contributed by atoms with E-state index in [0.717, 1.165) is 11.1 Å². The zero-order valence-corrected chi connectivity index (χ0v) is 11.5. The molecule has 0 spiro atoms. The first-order valence-corrected chi connectivity index (χ1v) is 5.72. The van der Waals surface area contributed by atoms with Crippen molar-refractivity contribution in [1.82, 2.24) is 4.98 Å². The van der Waals surface area contributed by atoms with E-state index in [2.05, 4.69) is 4.98 Å². The molecule has 4 nitrogen and oxygen atoms in total. The summed E-state index contributed by atoms with van der Waals surface area (Å²) >= 11 is 0. The molecule has 0 aliphatic heterocycles. The number of nitrogens with two attached hydrogens (primary N) is 1. The minimum Gasteiger partial charge on any atom is -0.493 e. The zero-order chi connectivity index (χ0) is 12.8. The van der Waals surface area contributed by atoms with Crippen LogP contribution in [-0.2, 0) is 13.2 Å². The van der Waals surface area contributed by atoms with Gasteiger partial charge in [-0.05, 0) is 23.8 Å². The van der Waals surface area contributed by atoms with Crippen LogP contribution in [0.2, 0.25) is 0 Å². The normalized spacial score (nSPS) is 9.58. The molecule has 1 aromatic heterocycles. The summed E-state index contributed by atoms with van der Waals surface area (Å²) in [6, 6.07) is 9.54. The number of hydrogen-bond acceptors (Lipinski definition) is 4. The van der Waals surface area contributed by atoms with E-state index in [4.69, 9.17) is 15.2 Å². The number of ether oxygens (including phenoxy) is 2. The van der Waals surface area contributed by atoms with Crippen LogP contribution < -0.4 is 15.2 Å². The van der Waals surface area contributed by atoms with Gasteiger partial charge in [-0.1, -0.05) is 12.1 Å². The maximum atomic E-state index is 5.71. The van der Waals surface area contributed by atoms with E-state index in [1.165, 1.54) is 0 Å². The van der Waals surface area contributed by atoms with E-state index in [0.29, 0.717) is 24.7 Å². The first-order valence-electron chi connectivity index (χ1n) is 5.72. The third kappa shape index (κ3) is 4.12. The molecule has 0 bridgehead atoms. The predicted molar refractivity (Wildman–Crippen MR) is 76.7 cm³/mol. The third-order valence-corrected chi connectivity index (χ3v) is 2.58. The van der Waals surface area contributed by atoms with Gasteiger partial charge in [0.2, 0.25) is 0 Å². The number of rotatable bonds is 5. The van der Waals surface area contributed by atoms with Crippen molar-refractivity contribution in [1.29, 1.82) is 0 Å². The molecular formula is C14H17ClN2O2. The summed E-state index contributed by atoms with van der Waals surface area (Å²) in [5.74, 6) is 1.40. The quantitative estimate of drug-likeness (QED) is 0.914. The summed E-state index contributed by atoms with van der Waals surface area (Å²) in [5.41, 5.74) is 7.61. The first-order chi connectivity index (χ1) is 8.83. The smallest absolute Gasteiger partial charge is 0.161 e. The summed E-state index contributed by atoms with van der Waals surface area (Å²) in [6.07, 6.45) is 3.51. The van der Waals surface area contributed by atoms with Crippen LogP contribution in [0, 0.1) is 0 Å². The molecule has 19 heavy (non-hydrogen) atoms. The van der Waals surface area contributed by atoms with Crippen molar-refractivity contribution < 1.29 is 9.47 Å². The lowest BCUT2D eigenvalue weighted by molar-refractivity contribution is 0.284. The van der Waals surface area contributed by atoms with Crippen molar-refractivity contribution >= 4 is 12.4 Å². The van der Waals surface area contributed by atoms with Crippen molar-refractivity contribution in [3.63, 3.8) is 0 Å². The van der Waals surface area contributed by atoms with Crippen molar-refractivity contribution in [2.45, 2.75) is 13.2 Å². The molecule has 1 heterocycles. The van der Waals surface area contributed by atoms with Crippen LogP contribution in [0.1, 0.15) is 11.1 Å². The second kappa shape index (κ2) is 7.61. The average Bonchev–Trinajstić information content (AvgIpc) is 2.46. The summed E-state index contributed by atoms with van der Waals surface area (Å²) in [7, 11) is 1.62. The van der Waals surface area contributed by atoms with E-state index in [1.807, 2.05) is 30.3 Å². The standard InChI is InChI=1S/C14H16N2O2.ClH/c1-17-14-7-11(8-15)4-5-13(14)18-10-12-3-2-6-16-9-12;/h2-7,9H,8,10,15H2,1H3;1H. The fraction of sp³-hybridized carbons (Fsp3) is 0.214. The molecule has 0 amide bonds. The van der Waals surface area contributed by atoms with Crippen molar-refractivity contribution in [3.8, 4) is 11.5 Å². The van der Waals surface area contributed by atoms with Gasteiger partial charge in [-0.3, -0.25) is 4.98 Å². The molecule has 2 rings (SSSR count). The molecule has 2 N–H and O–H groups in total. The predicted octanol–water partition coefficient (Wildman–Crippen LogP) is 2.55. The minimum atomic E-state index is 0. The Morgan fingerprint density at radius 3 is 2.63 bits per heavy atom.